The van der Waals surface area contributed by atoms with Gasteiger partial charge in [0, 0.05) is 41.0 Å². The number of benzene rings is 2. The van der Waals surface area contributed by atoms with Crippen LogP contribution in [0.25, 0.3) is 10.9 Å². The summed E-state index contributed by atoms with van der Waals surface area (Å²) in [5, 5.41) is 4.02. The van der Waals surface area contributed by atoms with Crippen LogP contribution in [0.4, 0.5) is 5.00 Å². The minimum Gasteiger partial charge on any atom is -0.465 e. The average molecular weight is 584 g/mol. The van der Waals surface area contributed by atoms with Gasteiger partial charge in [-0.15, -0.1) is 11.3 Å². The molecule has 1 amide bonds. The number of carbonyl (C=O) groups is 3. The van der Waals surface area contributed by atoms with Crippen LogP contribution in [0.5, 0.6) is 0 Å². The molecule has 0 saturated heterocycles. The predicted molar refractivity (Wildman–Crippen MR) is 162 cm³/mol. The van der Waals surface area contributed by atoms with E-state index in [1.807, 2.05) is 49.5 Å². The van der Waals surface area contributed by atoms with Crippen molar-refractivity contribution < 1.29 is 23.9 Å². The Bertz CT molecular complexity index is 1680. The molecule has 1 N–H and O–H groups in total. The van der Waals surface area contributed by atoms with Crippen molar-refractivity contribution in [2.24, 2.45) is 0 Å². The number of amides is 1. The van der Waals surface area contributed by atoms with Crippen LogP contribution in [0.1, 0.15) is 67.2 Å². The third kappa shape index (κ3) is 5.30. The zero-order valence-electron chi connectivity index (χ0n) is 23.9. The van der Waals surface area contributed by atoms with E-state index in [9.17, 15) is 14.4 Å². The van der Waals surface area contributed by atoms with Crippen LogP contribution in [-0.2, 0) is 40.1 Å². The van der Waals surface area contributed by atoms with Gasteiger partial charge in [-0.25, -0.2) is 9.59 Å². The van der Waals surface area contributed by atoms with E-state index in [0.29, 0.717) is 40.4 Å². The molecule has 0 saturated carbocycles. The molecule has 2 aliphatic rings. The lowest BCUT2D eigenvalue weighted by Crippen LogP contribution is -2.32. The predicted octanol–water partition coefficient (Wildman–Crippen LogP) is 5.53. The molecular formula is C33H33N3O5S. The van der Waals surface area contributed by atoms with Crippen molar-refractivity contribution in [3.8, 4) is 0 Å². The normalized spacial score (nSPS) is 17.2. The minimum absolute atomic E-state index is 0.339. The first kappa shape index (κ1) is 28.1. The summed E-state index contributed by atoms with van der Waals surface area (Å²) in [6.45, 7) is 2.97. The Morgan fingerprint density at radius 2 is 1.76 bits per heavy atom. The standard InChI is InChI=1S/C33H33N3O5S/c1-19(41-33(39)28-22-11-7-8-12-25(22)34-26-15-16-36(2)18-24(26)28)30(37)35-31-29(32(38)40-3)23-14-13-21(17-27(23)42-31)20-9-5-4-6-10-20/h4-12,19,21H,13-18H2,1-3H3,(H,35,37). The topological polar surface area (TPSA) is 97.8 Å². The van der Waals surface area contributed by atoms with Crippen LogP contribution in [0.15, 0.2) is 54.6 Å². The summed E-state index contributed by atoms with van der Waals surface area (Å²) in [4.78, 5) is 47.9. The number of anilines is 1. The second-order valence-electron chi connectivity index (χ2n) is 11.0. The van der Waals surface area contributed by atoms with Gasteiger partial charge in [-0.05, 0) is 56.3 Å². The smallest absolute Gasteiger partial charge is 0.341 e. The summed E-state index contributed by atoms with van der Waals surface area (Å²) < 4.78 is 10.9. The molecule has 4 aromatic rings. The Morgan fingerprint density at radius 3 is 2.55 bits per heavy atom. The second kappa shape index (κ2) is 11.7. The van der Waals surface area contributed by atoms with Gasteiger partial charge in [-0.3, -0.25) is 9.78 Å². The number of nitrogens with zero attached hydrogens (tertiary/aromatic N) is 2. The Hall–Kier alpha value is -4.08. The number of likely N-dealkylation sites (N-methyl/N-ethyl adjacent to an activating group) is 1. The third-order valence-corrected chi connectivity index (χ3v) is 9.43. The maximum absolute atomic E-state index is 13.6. The summed E-state index contributed by atoms with van der Waals surface area (Å²) in [5.41, 5.74) is 5.50. The van der Waals surface area contributed by atoms with Crippen molar-refractivity contribution in [2.45, 2.75) is 51.2 Å². The summed E-state index contributed by atoms with van der Waals surface area (Å²) >= 11 is 1.40. The van der Waals surface area contributed by atoms with Crippen LogP contribution in [0.3, 0.4) is 0 Å². The monoisotopic (exact) mass is 583 g/mol. The quantitative estimate of drug-likeness (QED) is 0.298. The molecule has 1 aliphatic heterocycles. The lowest BCUT2D eigenvalue weighted by atomic mass is 9.83. The number of hydrogen-bond acceptors (Lipinski definition) is 8. The number of aromatic nitrogens is 1. The van der Waals surface area contributed by atoms with Gasteiger partial charge < -0.3 is 19.7 Å². The highest BCUT2D eigenvalue weighted by Crippen LogP contribution is 2.43. The largest absolute Gasteiger partial charge is 0.465 e. The number of esters is 2. The van der Waals surface area contributed by atoms with Crippen molar-refractivity contribution >= 4 is 45.1 Å². The fourth-order valence-corrected chi connectivity index (χ4v) is 7.36. The van der Waals surface area contributed by atoms with Gasteiger partial charge >= 0.3 is 11.9 Å². The van der Waals surface area contributed by atoms with E-state index in [1.54, 1.807) is 6.92 Å². The van der Waals surface area contributed by atoms with Gasteiger partial charge in [0.1, 0.15) is 5.00 Å². The molecule has 8 nitrogen and oxygen atoms in total. The molecule has 9 heteroatoms. The zero-order valence-corrected chi connectivity index (χ0v) is 24.8. The maximum Gasteiger partial charge on any atom is 0.341 e. The molecular weight excluding hydrogens is 550 g/mol. The number of rotatable bonds is 6. The number of hydrogen-bond donors (Lipinski definition) is 1. The molecule has 2 atom stereocenters. The van der Waals surface area contributed by atoms with E-state index < -0.39 is 23.9 Å². The minimum atomic E-state index is -1.09. The van der Waals surface area contributed by atoms with Crippen LogP contribution in [0, 0.1) is 0 Å². The highest BCUT2D eigenvalue weighted by atomic mass is 32.1. The Balaban J connectivity index is 1.24. The molecule has 1 aliphatic carbocycles. The van der Waals surface area contributed by atoms with Crippen molar-refractivity contribution in [2.75, 3.05) is 26.0 Å². The fourth-order valence-electron chi connectivity index (χ4n) is 6.05. The molecule has 6 rings (SSSR count). The lowest BCUT2D eigenvalue weighted by Gasteiger charge is -2.27. The van der Waals surface area contributed by atoms with Crippen molar-refractivity contribution in [1.29, 1.82) is 0 Å². The summed E-state index contributed by atoms with van der Waals surface area (Å²) in [5.74, 6) is -1.21. The van der Waals surface area contributed by atoms with Gasteiger partial charge in [0.25, 0.3) is 5.91 Å². The van der Waals surface area contributed by atoms with Gasteiger partial charge in [0.2, 0.25) is 0 Å². The molecule has 2 unspecified atom stereocenters. The number of nitrogens with one attached hydrogen (secondary N) is 1. The van der Waals surface area contributed by atoms with E-state index in [4.69, 9.17) is 14.5 Å². The second-order valence-corrected chi connectivity index (χ2v) is 12.1. The molecule has 0 radical (unpaired) electrons. The number of ether oxygens (including phenoxy) is 2. The highest BCUT2D eigenvalue weighted by Gasteiger charge is 2.32. The number of fused-ring (bicyclic) bond motifs is 3. The molecule has 0 bridgehead atoms. The average Bonchev–Trinajstić information content (AvgIpc) is 3.36. The highest BCUT2D eigenvalue weighted by molar-refractivity contribution is 7.17. The summed E-state index contributed by atoms with van der Waals surface area (Å²) in [7, 11) is 3.35. The Labute approximate surface area is 248 Å². The van der Waals surface area contributed by atoms with E-state index in [1.165, 1.54) is 24.0 Å². The van der Waals surface area contributed by atoms with E-state index in [2.05, 4.69) is 22.3 Å². The van der Waals surface area contributed by atoms with Crippen molar-refractivity contribution in [3.05, 3.63) is 93.0 Å². The van der Waals surface area contributed by atoms with Gasteiger partial charge in [-0.1, -0.05) is 48.5 Å². The van der Waals surface area contributed by atoms with Crippen LogP contribution >= 0.6 is 11.3 Å². The lowest BCUT2D eigenvalue weighted by molar-refractivity contribution is -0.123. The van der Waals surface area contributed by atoms with E-state index in [-0.39, 0.29) is 0 Å². The molecule has 2 aromatic carbocycles. The Morgan fingerprint density at radius 1 is 1.00 bits per heavy atom. The molecule has 42 heavy (non-hydrogen) atoms. The number of methoxy groups -OCH3 is 1. The molecule has 2 aromatic heterocycles. The van der Waals surface area contributed by atoms with Crippen LogP contribution in [-0.4, -0.2) is 54.5 Å². The van der Waals surface area contributed by atoms with Gasteiger partial charge in [-0.2, -0.15) is 0 Å². The molecule has 0 spiro atoms. The van der Waals surface area contributed by atoms with Crippen LogP contribution < -0.4 is 5.32 Å². The third-order valence-electron chi connectivity index (χ3n) is 8.26. The Kier molecular flexibility index (Phi) is 7.79. The van der Waals surface area contributed by atoms with Gasteiger partial charge in [0.15, 0.2) is 6.10 Å². The first-order valence-electron chi connectivity index (χ1n) is 14.2. The summed E-state index contributed by atoms with van der Waals surface area (Å²) in [6, 6.07) is 17.8. The van der Waals surface area contributed by atoms with Gasteiger partial charge in [0.05, 0.1) is 23.8 Å². The number of thiophene rings is 1. The first-order valence-corrected chi connectivity index (χ1v) is 15.0. The molecule has 3 heterocycles. The number of carbonyl (C=O) groups excluding carboxylic acids is 3. The summed E-state index contributed by atoms with van der Waals surface area (Å²) in [6.07, 6.45) is 2.03. The van der Waals surface area contributed by atoms with Crippen molar-refractivity contribution in [3.63, 3.8) is 0 Å². The number of para-hydroxylation sites is 1. The van der Waals surface area contributed by atoms with Crippen LogP contribution in [0.2, 0.25) is 0 Å². The zero-order chi connectivity index (χ0) is 29.4. The molecule has 216 valence electrons. The first-order chi connectivity index (χ1) is 20.3. The SMILES string of the molecule is COC(=O)c1c(NC(=O)C(C)OC(=O)c2c3c(nc4ccccc24)CCN(C)C3)sc2c1CCC(c1ccccc1)C2. The van der Waals surface area contributed by atoms with E-state index >= 15 is 0 Å². The number of pyridine rings is 1. The molecule has 0 fully saturated rings. The maximum atomic E-state index is 13.6. The fraction of sp³-hybridized carbons (Fsp3) is 0.333. The van der Waals surface area contributed by atoms with E-state index in [0.717, 1.165) is 53.0 Å². The van der Waals surface area contributed by atoms with Crippen molar-refractivity contribution in [1.82, 2.24) is 9.88 Å².